The van der Waals surface area contributed by atoms with E-state index in [1.165, 1.54) is 4.90 Å². The molecule has 35 heavy (non-hydrogen) atoms. The highest BCUT2D eigenvalue weighted by atomic mass is 16.6. The third-order valence-electron chi connectivity index (χ3n) is 4.08. The highest BCUT2D eigenvalue weighted by Crippen LogP contribution is 2.08. The Bertz CT molecular complexity index is 513. The van der Waals surface area contributed by atoms with E-state index >= 15 is 0 Å². The van der Waals surface area contributed by atoms with Crippen molar-refractivity contribution in [2.45, 2.75) is 46.1 Å². The number of rotatable bonds is 23. The van der Waals surface area contributed by atoms with Crippen LogP contribution >= 0.6 is 0 Å². The van der Waals surface area contributed by atoms with Crippen LogP contribution in [-0.4, -0.2) is 122 Å². The number of esters is 1. The Hall–Kier alpha value is -1.50. The number of hydrogen-bond donors (Lipinski definition) is 0. The van der Waals surface area contributed by atoms with Gasteiger partial charge < -0.3 is 42.8 Å². The minimum atomic E-state index is -0.506. The largest absolute Gasteiger partial charge is 0.463 e. The standard InChI is InChI=1S/C24H47NO10/c1-6-7-22(26)34-21-20-33-19-18-32-17-16-31-15-14-30-13-12-29-11-10-28-9-8-25(5)23(27)35-24(2,3)4/h6-21H2,1-5H3. The summed E-state index contributed by atoms with van der Waals surface area (Å²) >= 11 is 0. The van der Waals surface area contributed by atoms with E-state index in [9.17, 15) is 9.59 Å². The van der Waals surface area contributed by atoms with Crippen LogP contribution in [-0.2, 0) is 42.7 Å². The van der Waals surface area contributed by atoms with E-state index in [0.717, 1.165) is 6.42 Å². The molecule has 0 aliphatic rings. The van der Waals surface area contributed by atoms with Crippen molar-refractivity contribution >= 4 is 12.1 Å². The molecule has 0 rings (SSSR count). The van der Waals surface area contributed by atoms with Crippen molar-refractivity contribution in [1.82, 2.24) is 4.90 Å². The van der Waals surface area contributed by atoms with Crippen LogP contribution in [0.1, 0.15) is 40.5 Å². The van der Waals surface area contributed by atoms with Crippen molar-refractivity contribution in [2.24, 2.45) is 0 Å². The molecule has 0 saturated heterocycles. The number of ether oxygens (including phenoxy) is 8. The van der Waals surface area contributed by atoms with Gasteiger partial charge in [-0.1, -0.05) is 6.92 Å². The molecule has 11 heteroatoms. The first kappa shape index (κ1) is 33.5. The summed E-state index contributed by atoms with van der Waals surface area (Å²) in [5.41, 5.74) is -0.506. The van der Waals surface area contributed by atoms with Gasteiger partial charge in [0.15, 0.2) is 0 Å². The van der Waals surface area contributed by atoms with Crippen molar-refractivity contribution in [2.75, 3.05) is 99.5 Å². The summed E-state index contributed by atoms with van der Waals surface area (Å²) in [7, 11) is 1.68. The minimum absolute atomic E-state index is 0.191. The van der Waals surface area contributed by atoms with E-state index in [-0.39, 0.29) is 18.7 Å². The van der Waals surface area contributed by atoms with Gasteiger partial charge in [0, 0.05) is 20.0 Å². The van der Waals surface area contributed by atoms with Gasteiger partial charge in [-0.2, -0.15) is 0 Å². The van der Waals surface area contributed by atoms with E-state index in [1.54, 1.807) is 7.05 Å². The lowest BCUT2D eigenvalue weighted by molar-refractivity contribution is -0.145. The first-order chi connectivity index (χ1) is 16.8. The zero-order valence-corrected chi connectivity index (χ0v) is 22.3. The second-order valence-corrected chi connectivity index (χ2v) is 8.55. The highest BCUT2D eigenvalue weighted by Gasteiger charge is 2.19. The average Bonchev–Trinajstić information content (AvgIpc) is 2.79. The Morgan fingerprint density at radius 3 is 1.37 bits per heavy atom. The second-order valence-electron chi connectivity index (χ2n) is 8.55. The molecule has 0 radical (unpaired) electrons. The molecule has 1 amide bonds. The monoisotopic (exact) mass is 509 g/mol. The Morgan fingerprint density at radius 2 is 1.00 bits per heavy atom. The molecule has 0 fully saturated rings. The quantitative estimate of drug-likeness (QED) is 0.150. The van der Waals surface area contributed by atoms with E-state index in [4.69, 9.17) is 37.9 Å². The van der Waals surface area contributed by atoms with Gasteiger partial charge in [-0.25, -0.2) is 4.79 Å². The third kappa shape index (κ3) is 25.4. The summed E-state index contributed by atoms with van der Waals surface area (Å²) in [6, 6.07) is 0. The molecule has 0 spiro atoms. The molecule has 0 heterocycles. The van der Waals surface area contributed by atoms with Gasteiger partial charge in [-0.05, 0) is 27.2 Å². The molecule has 0 aliphatic carbocycles. The minimum Gasteiger partial charge on any atom is -0.463 e. The van der Waals surface area contributed by atoms with Gasteiger partial charge in [-0.15, -0.1) is 0 Å². The van der Waals surface area contributed by atoms with Crippen LogP contribution in [0.2, 0.25) is 0 Å². The topological polar surface area (TPSA) is 111 Å². The lowest BCUT2D eigenvalue weighted by Gasteiger charge is -2.24. The molecular weight excluding hydrogens is 462 g/mol. The van der Waals surface area contributed by atoms with Crippen molar-refractivity contribution in [1.29, 1.82) is 0 Å². The zero-order valence-electron chi connectivity index (χ0n) is 22.3. The Labute approximate surface area is 210 Å². The van der Waals surface area contributed by atoms with Crippen LogP contribution in [0.4, 0.5) is 4.79 Å². The van der Waals surface area contributed by atoms with Crippen LogP contribution in [0.25, 0.3) is 0 Å². The molecular formula is C24H47NO10. The number of carbonyl (C=O) groups is 2. The van der Waals surface area contributed by atoms with Crippen molar-refractivity contribution in [3.05, 3.63) is 0 Å². The molecule has 0 aromatic heterocycles. The number of likely N-dealkylation sites (N-methyl/N-ethyl adjacent to an activating group) is 1. The predicted octanol–water partition coefficient (Wildman–Crippen LogP) is 2.30. The number of nitrogens with zero attached hydrogens (tertiary/aromatic N) is 1. The normalized spacial score (nSPS) is 11.5. The molecule has 0 N–H and O–H groups in total. The van der Waals surface area contributed by atoms with E-state index in [1.807, 2.05) is 27.7 Å². The summed E-state index contributed by atoms with van der Waals surface area (Å²) in [5.74, 6) is -0.191. The SMILES string of the molecule is CCCC(=O)OCCOCCOCCOCCOCCOCCOCCN(C)C(=O)OC(C)(C)C. The third-order valence-corrected chi connectivity index (χ3v) is 4.08. The summed E-state index contributed by atoms with van der Waals surface area (Å²) in [6.45, 7) is 13.6. The van der Waals surface area contributed by atoms with E-state index in [2.05, 4.69) is 0 Å². The maximum Gasteiger partial charge on any atom is 0.410 e. The lowest BCUT2D eigenvalue weighted by Crippen LogP contribution is -2.36. The predicted molar refractivity (Wildman–Crippen MR) is 130 cm³/mol. The fraction of sp³-hybridized carbons (Fsp3) is 0.917. The summed E-state index contributed by atoms with van der Waals surface area (Å²) < 4.78 is 42.7. The summed E-state index contributed by atoms with van der Waals surface area (Å²) in [5, 5.41) is 0. The Morgan fingerprint density at radius 1 is 0.629 bits per heavy atom. The van der Waals surface area contributed by atoms with Gasteiger partial charge in [0.2, 0.25) is 0 Å². The Balaban J connectivity index is 3.22. The molecule has 0 atom stereocenters. The Kier molecular flexibility index (Phi) is 21.9. The van der Waals surface area contributed by atoms with Crippen LogP contribution in [0, 0.1) is 0 Å². The maximum absolute atomic E-state index is 11.8. The molecule has 0 bridgehead atoms. The second kappa shape index (κ2) is 22.9. The molecule has 0 aliphatic heterocycles. The van der Waals surface area contributed by atoms with Gasteiger partial charge in [0.05, 0.1) is 79.3 Å². The van der Waals surface area contributed by atoms with Crippen LogP contribution in [0.3, 0.4) is 0 Å². The molecule has 0 aromatic rings. The van der Waals surface area contributed by atoms with Gasteiger partial charge in [0.25, 0.3) is 0 Å². The smallest absolute Gasteiger partial charge is 0.410 e. The van der Waals surface area contributed by atoms with Crippen molar-refractivity contribution < 1.29 is 47.5 Å². The maximum atomic E-state index is 11.8. The van der Waals surface area contributed by atoms with Crippen LogP contribution in [0.15, 0.2) is 0 Å². The van der Waals surface area contributed by atoms with Gasteiger partial charge in [-0.3, -0.25) is 4.79 Å². The average molecular weight is 510 g/mol. The fourth-order valence-corrected chi connectivity index (χ4v) is 2.32. The van der Waals surface area contributed by atoms with Crippen molar-refractivity contribution in [3.8, 4) is 0 Å². The van der Waals surface area contributed by atoms with Crippen LogP contribution < -0.4 is 0 Å². The number of amides is 1. The molecule has 0 unspecified atom stereocenters. The molecule has 0 aromatic carbocycles. The van der Waals surface area contributed by atoms with Gasteiger partial charge in [0.1, 0.15) is 12.2 Å². The fourth-order valence-electron chi connectivity index (χ4n) is 2.32. The zero-order chi connectivity index (χ0) is 26.2. The first-order valence-corrected chi connectivity index (χ1v) is 12.3. The van der Waals surface area contributed by atoms with Crippen molar-refractivity contribution in [3.63, 3.8) is 0 Å². The van der Waals surface area contributed by atoms with Gasteiger partial charge >= 0.3 is 12.1 Å². The lowest BCUT2D eigenvalue weighted by atomic mass is 10.2. The first-order valence-electron chi connectivity index (χ1n) is 12.3. The van der Waals surface area contributed by atoms with E-state index < -0.39 is 5.60 Å². The highest BCUT2D eigenvalue weighted by molar-refractivity contribution is 5.69. The summed E-state index contributed by atoms with van der Waals surface area (Å²) in [6.07, 6.45) is 0.860. The van der Waals surface area contributed by atoms with Crippen LogP contribution in [0.5, 0.6) is 0 Å². The summed E-state index contributed by atoms with van der Waals surface area (Å²) in [4.78, 5) is 24.4. The number of carbonyl (C=O) groups excluding carboxylic acids is 2. The number of hydrogen-bond acceptors (Lipinski definition) is 10. The van der Waals surface area contributed by atoms with E-state index in [0.29, 0.717) is 92.2 Å². The molecule has 208 valence electrons. The molecule has 11 nitrogen and oxygen atoms in total. The molecule has 0 saturated carbocycles.